The summed E-state index contributed by atoms with van der Waals surface area (Å²) in [7, 11) is 0. The van der Waals surface area contributed by atoms with Crippen molar-refractivity contribution in [3.05, 3.63) is 54.1 Å². The predicted octanol–water partition coefficient (Wildman–Crippen LogP) is 3.09. The van der Waals surface area contributed by atoms with Crippen LogP contribution in [0.25, 0.3) is 11.4 Å². The van der Waals surface area contributed by atoms with E-state index in [9.17, 15) is 4.79 Å². The molecule has 2 N–H and O–H groups in total. The molecule has 0 saturated carbocycles. The van der Waals surface area contributed by atoms with Gasteiger partial charge < -0.3 is 19.6 Å². The maximum atomic E-state index is 12.7. The van der Waals surface area contributed by atoms with Gasteiger partial charge in [0.05, 0.1) is 17.7 Å². The summed E-state index contributed by atoms with van der Waals surface area (Å²) in [5.41, 5.74) is 3.31. The van der Waals surface area contributed by atoms with Crippen LogP contribution in [-0.4, -0.2) is 27.0 Å². The Morgan fingerprint density at radius 3 is 3.00 bits per heavy atom. The number of carbonyl (C=O) groups is 1. The number of rotatable bonds is 4. The van der Waals surface area contributed by atoms with E-state index in [1.54, 1.807) is 12.4 Å². The average Bonchev–Trinajstić information content (AvgIpc) is 3.22. The first kappa shape index (κ1) is 14.6. The van der Waals surface area contributed by atoms with Crippen LogP contribution in [0.15, 0.2) is 42.9 Å². The van der Waals surface area contributed by atoms with Crippen LogP contribution < -0.4 is 10.1 Å². The van der Waals surface area contributed by atoms with Crippen molar-refractivity contribution in [2.24, 2.45) is 0 Å². The molecule has 3 heterocycles. The third-order valence-electron chi connectivity index (χ3n) is 4.17. The summed E-state index contributed by atoms with van der Waals surface area (Å²) < 4.78 is 7.49. The first-order chi connectivity index (χ1) is 11.8. The standard InChI is InChI=1S/C18H18N4O2/c1-2-24-13-5-3-12(4-6-13)21-18(23)14-11-20-15-7-9-22-10-8-19-17(22)16(14)15/h3-6,8,10-11,20H,2,7,9H2,1H3,(H,21,23). The van der Waals surface area contributed by atoms with E-state index in [-0.39, 0.29) is 5.91 Å². The van der Waals surface area contributed by atoms with Gasteiger partial charge in [0, 0.05) is 42.9 Å². The number of fused-ring (bicyclic) bond motifs is 3. The minimum Gasteiger partial charge on any atom is -0.494 e. The van der Waals surface area contributed by atoms with Crippen molar-refractivity contribution in [3.63, 3.8) is 0 Å². The van der Waals surface area contributed by atoms with Gasteiger partial charge in [0.15, 0.2) is 0 Å². The second kappa shape index (κ2) is 5.88. The predicted molar refractivity (Wildman–Crippen MR) is 91.3 cm³/mol. The summed E-state index contributed by atoms with van der Waals surface area (Å²) in [4.78, 5) is 20.3. The fraction of sp³-hybridized carbons (Fsp3) is 0.222. The highest BCUT2D eigenvalue weighted by molar-refractivity contribution is 6.08. The molecule has 2 aromatic heterocycles. The van der Waals surface area contributed by atoms with E-state index in [2.05, 4.69) is 19.9 Å². The number of nitrogens with one attached hydrogen (secondary N) is 2. The molecule has 0 bridgehead atoms. The third kappa shape index (κ3) is 2.46. The molecule has 0 saturated heterocycles. The van der Waals surface area contributed by atoms with E-state index in [0.717, 1.165) is 41.5 Å². The molecule has 0 fully saturated rings. The molecule has 6 nitrogen and oxygen atoms in total. The van der Waals surface area contributed by atoms with Crippen LogP contribution in [0.2, 0.25) is 0 Å². The van der Waals surface area contributed by atoms with Crippen molar-refractivity contribution >= 4 is 11.6 Å². The third-order valence-corrected chi connectivity index (χ3v) is 4.17. The highest BCUT2D eigenvalue weighted by Gasteiger charge is 2.25. The van der Waals surface area contributed by atoms with Crippen LogP contribution >= 0.6 is 0 Å². The molecule has 1 amide bonds. The minimum atomic E-state index is -0.145. The fourth-order valence-electron chi connectivity index (χ4n) is 3.05. The van der Waals surface area contributed by atoms with Gasteiger partial charge in [-0.3, -0.25) is 4.79 Å². The lowest BCUT2D eigenvalue weighted by Gasteiger charge is -2.15. The summed E-state index contributed by atoms with van der Waals surface area (Å²) in [5.74, 6) is 1.49. The Hall–Kier alpha value is -3.02. The van der Waals surface area contributed by atoms with E-state index < -0.39 is 0 Å². The zero-order chi connectivity index (χ0) is 16.5. The molecule has 0 radical (unpaired) electrons. The number of hydrogen-bond acceptors (Lipinski definition) is 3. The molecular formula is C18H18N4O2. The molecule has 1 aliphatic heterocycles. The van der Waals surface area contributed by atoms with Gasteiger partial charge in [-0.15, -0.1) is 0 Å². The Morgan fingerprint density at radius 2 is 2.21 bits per heavy atom. The molecule has 0 aliphatic carbocycles. The Balaban J connectivity index is 1.59. The van der Waals surface area contributed by atoms with Gasteiger partial charge >= 0.3 is 0 Å². The number of anilines is 1. The lowest BCUT2D eigenvalue weighted by molar-refractivity contribution is 0.102. The van der Waals surface area contributed by atoms with Crippen LogP contribution in [0.4, 0.5) is 5.69 Å². The quantitative estimate of drug-likeness (QED) is 0.775. The molecule has 1 aliphatic rings. The van der Waals surface area contributed by atoms with E-state index in [0.29, 0.717) is 12.2 Å². The highest BCUT2D eigenvalue weighted by atomic mass is 16.5. The van der Waals surface area contributed by atoms with Crippen molar-refractivity contribution < 1.29 is 9.53 Å². The Morgan fingerprint density at radius 1 is 1.38 bits per heavy atom. The van der Waals surface area contributed by atoms with Crippen molar-refractivity contribution in [3.8, 4) is 17.1 Å². The number of hydrogen-bond donors (Lipinski definition) is 2. The first-order valence-electron chi connectivity index (χ1n) is 8.02. The number of nitrogens with zero attached hydrogens (tertiary/aromatic N) is 2. The highest BCUT2D eigenvalue weighted by Crippen LogP contribution is 2.31. The number of aryl methyl sites for hydroxylation is 2. The average molecular weight is 322 g/mol. The normalized spacial score (nSPS) is 12.4. The molecule has 24 heavy (non-hydrogen) atoms. The summed E-state index contributed by atoms with van der Waals surface area (Å²) in [6.07, 6.45) is 6.35. The summed E-state index contributed by atoms with van der Waals surface area (Å²) in [6, 6.07) is 7.36. The Kier molecular flexibility index (Phi) is 3.57. The number of ether oxygens (including phenoxy) is 1. The zero-order valence-corrected chi connectivity index (χ0v) is 13.4. The number of aromatic amines is 1. The number of benzene rings is 1. The van der Waals surface area contributed by atoms with Gasteiger partial charge in [0.25, 0.3) is 5.91 Å². The van der Waals surface area contributed by atoms with Crippen LogP contribution in [0.1, 0.15) is 23.0 Å². The molecule has 0 atom stereocenters. The van der Waals surface area contributed by atoms with Crippen molar-refractivity contribution in [2.45, 2.75) is 19.9 Å². The number of carbonyl (C=O) groups excluding carboxylic acids is 1. The smallest absolute Gasteiger partial charge is 0.257 e. The molecule has 122 valence electrons. The maximum absolute atomic E-state index is 12.7. The molecule has 6 heteroatoms. The van der Waals surface area contributed by atoms with Crippen molar-refractivity contribution in [1.82, 2.24) is 14.5 Å². The topological polar surface area (TPSA) is 71.9 Å². The van der Waals surface area contributed by atoms with Gasteiger partial charge in [0.2, 0.25) is 0 Å². The largest absolute Gasteiger partial charge is 0.494 e. The van der Waals surface area contributed by atoms with Crippen LogP contribution in [0.3, 0.4) is 0 Å². The Labute approximate surface area is 139 Å². The van der Waals surface area contributed by atoms with E-state index in [4.69, 9.17) is 4.74 Å². The van der Waals surface area contributed by atoms with Crippen LogP contribution in [-0.2, 0) is 13.0 Å². The molecule has 3 aromatic rings. The van der Waals surface area contributed by atoms with Crippen molar-refractivity contribution in [1.29, 1.82) is 0 Å². The molecule has 4 rings (SSSR count). The summed E-state index contributed by atoms with van der Waals surface area (Å²) >= 11 is 0. The van der Waals surface area contributed by atoms with Crippen LogP contribution in [0.5, 0.6) is 5.75 Å². The van der Waals surface area contributed by atoms with Gasteiger partial charge in [-0.25, -0.2) is 4.98 Å². The Bertz CT molecular complexity index is 877. The van der Waals surface area contributed by atoms with Crippen LogP contribution in [0, 0.1) is 0 Å². The van der Waals surface area contributed by atoms with Gasteiger partial charge in [0.1, 0.15) is 11.6 Å². The number of H-pyrrole nitrogens is 1. The van der Waals surface area contributed by atoms with E-state index in [1.165, 1.54) is 0 Å². The minimum absolute atomic E-state index is 0.145. The maximum Gasteiger partial charge on any atom is 0.257 e. The number of amides is 1. The second-order valence-electron chi connectivity index (χ2n) is 5.66. The number of imidazole rings is 1. The first-order valence-corrected chi connectivity index (χ1v) is 8.02. The second-order valence-corrected chi connectivity index (χ2v) is 5.66. The van der Waals surface area contributed by atoms with E-state index in [1.807, 2.05) is 37.4 Å². The monoisotopic (exact) mass is 322 g/mol. The molecule has 0 spiro atoms. The van der Waals surface area contributed by atoms with Crippen molar-refractivity contribution in [2.75, 3.05) is 11.9 Å². The lowest BCUT2D eigenvalue weighted by Crippen LogP contribution is -2.15. The molecular weight excluding hydrogens is 304 g/mol. The lowest BCUT2D eigenvalue weighted by atomic mass is 10.0. The zero-order valence-electron chi connectivity index (χ0n) is 13.4. The molecule has 0 unspecified atom stereocenters. The van der Waals surface area contributed by atoms with E-state index >= 15 is 0 Å². The van der Waals surface area contributed by atoms with Gasteiger partial charge in [-0.2, -0.15) is 0 Å². The summed E-state index contributed by atoms with van der Waals surface area (Å²) in [6.45, 7) is 3.44. The molecule has 1 aromatic carbocycles. The SMILES string of the molecule is CCOc1ccc(NC(=O)c2c[nH]c3c2-c2nccn2CC3)cc1. The fourth-order valence-corrected chi connectivity index (χ4v) is 3.05. The number of aromatic nitrogens is 3. The summed E-state index contributed by atoms with van der Waals surface area (Å²) in [5, 5.41) is 2.94. The van der Waals surface area contributed by atoms with Gasteiger partial charge in [-0.1, -0.05) is 0 Å². The van der Waals surface area contributed by atoms with Gasteiger partial charge in [-0.05, 0) is 31.2 Å².